The van der Waals surface area contributed by atoms with Gasteiger partial charge in [0.05, 0.1) is 0 Å². The van der Waals surface area contributed by atoms with Gasteiger partial charge in [-0.3, -0.25) is 9.59 Å². The SMILES string of the molecule is Cc1ccc(C(=O)NCC2(c3cccc(Cl)c3)CCOCC2)cc1NC(=O)c1ccccc1. The van der Waals surface area contributed by atoms with Gasteiger partial charge in [-0.2, -0.15) is 0 Å². The standard InChI is InChI=1S/C27H27ClN2O3/c1-19-10-11-21(16-24(19)30-26(32)20-6-3-2-4-7-20)25(31)29-18-27(12-14-33-15-13-27)22-8-5-9-23(28)17-22/h2-11,16-17H,12-15,18H2,1H3,(H,29,31)(H,30,32). The molecule has 6 heteroatoms. The van der Waals surface area contributed by atoms with Gasteiger partial charge >= 0.3 is 0 Å². The number of ether oxygens (including phenoxy) is 1. The molecule has 5 nitrogen and oxygen atoms in total. The van der Waals surface area contributed by atoms with Crippen molar-refractivity contribution in [2.24, 2.45) is 0 Å². The van der Waals surface area contributed by atoms with Gasteiger partial charge in [0, 0.05) is 47.0 Å². The maximum atomic E-state index is 13.1. The largest absolute Gasteiger partial charge is 0.381 e. The summed E-state index contributed by atoms with van der Waals surface area (Å²) in [5.74, 6) is -0.392. The number of rotatable bonds is 6. The molecule has 3 aromatic carbocycles. The number of nitrogens with one attached hydrogen (secondary N) is 2. The van der Waals surface area contributed by atoms with E-state index in [4.69, 9.17) is 16.3 Å². The molecule has 1 fully saturated rings. The average molecular weight is 463 g/mol. The summed E-state index contributed by atoms with van der Waals surface area (Å²) in [5.41, 5.74) is 3.45. The lowest BCUT2D eigenvalue weighted by Gasteiger charge is -2.38. The van der Waals surface area contributed by atoms with Gasteiger partial charge < -0.3 is 15.4 Å². The molecule has 3 aromatic rings. The van der Waals surface area contributed by atoms with Gasteiger partial charge in [0.2, 0.25) is 0 Å². The van der Waals surface area contributed by atoms with E-state index in [1.807, 2.05) is 49.4 Å². The maximum Gasteiger partial charge on any atom is 0.255 e. The Morgan fingerprint density at radius 3 is 2.39 bits per heavy atom. The van der Waals surface area contributed by atoms with Gasteiger partial charge in [-0.05, 0) is 67.3 Å². The molecule has 0 aromatic heterocycles. The maximum absolute atomic E-state index is 13.1. The van der Waals surface area contributed by atoms with Crippen LogP contribution in [0.15, 0.2) is 72.8 Å². The fraction of sp³-hybridized carbons (Fsp3) is 0.259. The van der Waals surface area contributed by atoms with Crippen LogP contribution in [0.1, 0.15) is 44.7 Å². The fourth-order valence-corrected chi connectivity index (χ4v) is 4.37. The van der Waals surface area contributed by atoms with Gasteiger partial charge in [-0.1, -0.05) is 48.0 Å². The highest BCUT2D eigenvalue weighted by Crippen LogP contribution is 2.35. The van der Waals surface area contributed by atoms with Crippen molar-refractivity contribution in [3.8, 4) is 0 Å². The first-order valence-electron chi connectivity index (χ1n) is 11.1. The van der Waals surface area contributed by atoms with Crippen LogP contribution in [0.3, 0.4) is 0 Å². The van der Waals surface area contributed by atoms with Crippen molar-refractivity contribution in [3.05, 3.63) is 100 Å². The van der Waals surface area contributed by atoms with E-state index < -0.39 is 0 Å². The first kappa shape index (κ1) is 23.0. The number of carbonyl (C=O) groups excluding carboxylic acids is 2. The van der Waals surface area contributed by atoms with Crippen molar-refractivity contribution in [2.45, 2.75) is 25.2 Å². The highest BCUT2D eigenvalue weighted by atomic mass is 35.5. The summed E-state index contributed by atoms with van der Waals surface area (Å²) in [7, 11) is 0. The number of aryl methyl sites for hydroxylation is 1. The molecule has 0 spiro atoms. The molecule has 1 aliphatic heterocycles. The van der Waals surface area contributed by atoms with E-state index >= 15 is 0 Å². The van der Waals surface area contributed by atoms with Crippen molar-refractivity contribution in [3.63, 3.8) is 0 Å². The summed E-state index contributed by atoms with van der Waals surface area (Å²) in [6, 6.07) is 22.2. The van der Waals surface area contributed by atoms with Crippen LogP contribution in [0.25, 0.3) is 0 Å². The summed E-state index contributed by atoms with van der Waals surface area (Å²) >= 11 is 6.25. The van der Waals surface area contributed by atoms with Crippen molar-refractivity contribution >= 4 is 29.1 Å². The van der Waals surface area contributed by atoms with Gasteiger partial charge in [0.15, 0.2) is 0 Å². The van der Waals surface area contributed by atoms with E-state index in [0.29, 0.717) is 41.6 Å². The molecule has 0 unspecified atom stereocenters. The van der Waals surface area contributed by atoms with Crippen LogP contribution in [-0.4, -0.2) is 31.6 Å². The van der Waals surface area contributed by atoms with Crippen LogP contribution in [-0.2, 0) is 10.2 Å². The van der Waals surface area contributed by atoms with E-state index in [1.54, 1.807) is 24.3 Å². The lowest BCUT2D eigenvalue weighted by Crippen LogP contribution is -2.44. The molecule has 2 amide bonds. The second kappa shape index (κ2) is 10.2. The Morgan fingerprint density at radius 2 is 1.67 bits per heavy atom. The Morgan fingerprint density at radius 1 is 0.909 bits per heavy atom. The minimum atomic E-state index is -0.228. The minimum absolute atomic E-state index is 0.182. The quantitative estimate of drug-likeness (QED) is 0.516. The molecule has 33 heavy (non-hydrogen) atoms. The molecule has 2 N–H and O–H groups in total. The van der Waals surface area contributed by atoms with E-state index in [2.05, 4.69) is 16.7 Å². The third-order valence-electron chi connectivity index (χ3n) is 6.26. The zero-order valence-corrected chi connectivity index (χ0v) is 19.3. The molecular weight excluding hydrogens is 436 g/mol. The third-order valence-corrected chi connectivity index (χ3v) is 6.49. The van der Waals surface area contributed by atoms with E-state index in [-0.39, 0.29) is 17.2 Å². The number of hydrogen-bond acceptors (Lipinski definition) is 3. The van der Waals surface area contributed by atoms with Crippen LogP contribution < -0.4 is 10.6 Å². The molecule has 1 saturated heterocycles. The number of hydrogen-bond donors (Lipinski definition) is 2. The van der Waals surface area contributed by atoms with Gasteiger partial charge in [0.1, 0.15) is 0 Å². The monoisotopic (exact) mass is 462 g/mol. The predicted molar refractivity (Wildman–Crippen MR) is 131 cm³/mol. The molecule has 4 rings (SSSR count). The van der Waals surface area contributed by atoms with Crippen LogP contribution in [0.4, 0.5) is 5.69 Å². The van der Waals surface area contributed by atoms with Crippen molar-refractivity contribution in [1.82, 2.24) is 5.32 Å². The minimum Gasteiger partial charge on any atom is -0.381 e. The molecule has 0 aliphatic carbocycles. The molecule has 1 aliphatic rings. The number of halogens is 1. The smallest absolute Gasteiger partial charge is 0.255 e. The molecule has 170 valence electrons. The molecule has 0 atom stereocenters. The Bertz CT molecular complexity index is 1140. The third kappa shape index (κ3) is 5.44. The van der Waals surface area contributed by atoms with Crippen molar-refractivity contribution < 1.29 is 14.3 Å². The summed E-state index contributed by atoms with van der Waals surface area (Å²) in [4.78, 5) is 25.6. The highest BCUT2D eigenvalue weighted by Gasteiger charge is 2.35. The van der Waals surface area contributed by atoms with Crippen LogP contribution in [0.5, 0.6) is 0 Å². The Labute approximate surface area is 199 Å². The first-order valence-corrected chi connectivity index (χ1v) is 11.4. The summed E-state index contributed by atoms with van der Waals surface area (Å²) in [6.07, 6.45) is 1.61. The van der Waals surface area contributed by atoms with Crippen molar-refractivity contribution in [1.29, 1.82) is 0 Å². The van der Waals surface area contributed by atoms with E-state index in [0.717, 1.165) is 24.0 Å². The second-order valence-electron chi connectivity index (χ2n) is 8.44. The normalized spacial score (nSPS) is 15.0. The summed E-state index contributed by atoms with van der Waals surface area (Å²) in [6.45, 7) is 3.67. The summed E-state index contributed by atoms with van der Waals surface area (Å²) in [5, 5.41) is 6.71. The molecule has 1 heterocycles. The number of anilines is 1. The molecule has 0 bridgehead atoms. The lowest BCUT2D eigenvalue weighted by molar-refractivity contribution is 0.0487. The molecule has 0 radical (unpaired) electrons. The lowest BCUT2D eigenvalue weighted by atomic mass is 9.74. The average Bonchev–Trinajstić information content (AvgIpc) is 2.85. The number of carbonyl (C=O) groups is 2. The van der Waals surface area contributed by atoms with Gasteiger partial charge in [0.25, 0.3) is 11.8 Å². The number of benzene rings is 3. The topological polar surface area (TPSA) is 67.4 Å². The summed E-state index contributed by atoms with van der Waals surface area (Å²) < 4.78 is 5.58. The Hall–Kier alpha value is -3.15. The van der Waals surface area contributed by atoms with E-state index in [1.165, 1.54) is 0 Å². The first-order chi connectivity index (χ1) is 16.0. The van der Waals surface area contributed by atoms with Gasteiger partial charge in [-0.15, -0.1) is 0 Å². The zero-order chi connectivity index (χ0) is 23.3. The zero-order valence-electron chi connectivity index (χ0n) is 18.6. The highest BCUT2D eigenvalue weighted by molar-refractivity contribution is 6.30. The fourth-order valence-electron chi connectivity index (χ4n) is 4.18. The Kier molecular flexibility index (Phi) is 7.11. The van der Waals surface area contributed by atoms with Crippen LogP contribution >= 0.6 is 11.6 Å². The van der Waals surface area contributed by atoms with Crippen LogP contribution in [0.2, 0.25) is 5.02 Å². The molecule has 0 saturated carbocycles. The van der Waals surface area contributed by atoms with E-state index in [9.17, 15) is 9.59 Å². The predicted octanol–water partition coefficient (Wildman–Crippen LogP) is 5.38. The van der Waals surface area contributed by atoms with Crippen molar-refractivity contribution in [2.75, 3.05) is 25.1 Å². The van der Waals surface area contributed by atoms with Crippen LogP contribution in [0, 0.1) is 6.92 Å². The Balaban J connectivity index is 1.50. The van der Waals surface area contributed by atoms with Gasteiger partial charge in [-0.25, -0.2) is 0 Å². The second-order valence-corrected chi connectivity index (χ2v) is 8.87. The molecular formula is C27H27ClN2O3. The number of amides is 2.